The predicted molar refractivity (Wildman–Crippen MR) is 122 cm³/mol. The fourth-order valence-corrected chi connectivity index (χ4v) is 4.96. The molecule has 1 saturated heterocycles. The van der Waals surface area contributed by atoms with E-state index >= 15 is 0 Å². The maximum atomic E-state index is 12.8. The van der Waals surface area contributed by atoms with Crippen molar-refractivity contribution in [3.8, 4) is 5.75 Å². The summed E-state index contributed by atoms with van der Waals surface area (Å²) in [7, 11) is -3.55. The number of aryl methyl sites for hydroxylation is 1. The van der Waals surface area contributed by atoms with Crippen LogP contribution in [0, 0.1) is 12.8 Å². The summed E-state index contributed by atoms with van der Waals surface area (Å²) >= 11 is 0. The molecule has 9 heteroatoms. The zero-order chi connectivity index (χ0) is 23.1. The van der Waals surface area contributed by atoms with Crippen LogP contribution in [0.2, 0.25) is 0 Å². The van der Waals surface area contributed by atoms with E-state index in [-0.39, 0.29) is 29.2 Å². The lowest BCUT2D eigenvalue weighted by Crippen LogP contribution is -2.41. The number of hydrogen-bond acceptors (Lipinski definition) is 5. The summed E-state index contributed by atoms with van der Waals surface area (Å²) in [5, 5.41) is 5.53. The summed E-state index contributed by atoms with van der Waals surface area (Å²) < 4.78 is 32.5. The van der Waals surface area contributed by atoms with Gasteiger partial charge in [0.1, 0.15) is 5.75 Å². The van der Waals surface area contributed by atoms with Crippen LogP contribution in [0.1, 0.15) is 25.3 Å². The summed E-state index contributed by atoms with van der Waals surface area (Å²) in [5.41, 5.74) is 1.62. The molecule has 1 aliphatic heterocycles. The molecule has 32 heavy (non-hydrogen) atoms. The van der Waals surface area contributed by atoms with Crippen LogP contribution in [0.4, 0.5) is 5.69 Å². The van der Waals surface area contributed by atoms with Crippen molar-refractivity contribution >= 4 is 27.5 Å². The number of sulfonamides is 1. The highest BCUT2D eigenvalue weighted by Gasteiger charge is 2.32. The lowest BCUT2D eigenvalue weighted by molar-refractivity contribution is -0.123. The average Bonchev–Trinajstić information content (AvgIpc) is 2.79. The van der Waals surface area contributed by atoms with Crippen LogP contribution in [-0.2, 0) is 19.6 Å². The SMILES string of the molecule is CCNC(=O)COc1ccc(NC(=O)C2CCN(S(=O)(=O)c3ccc(C)cc3)CC2)cc1. The molecule has 0 aromatic heterocycles. The Morgan fingerprint density at radius 3 is 2.25 bits per heavy atom. The second-order valence-electron chi connectivity index (χ2n) is 7.75. The summed E-state index contributed by atoms with van der Waals surface area (Å²) in [5.74, 6) is -0.0500. The van der Waals surface area contributed by atoms with E-state index in [2.05, 4.69) is 10.6 Å². The topological polar surface area (TPSA) is 105 Å². The summed E-state index contributed by atoms with van der Waals surface area (Å²) in [6.45, 7) is 4.84. The van der Waals surface area contributed by atoms with Crippen LogP contribution in [0.15, 0.2) is 53.4 Å². The molecule has 2 aromatic rings. The average molecular weight is 460 g/mol. The third-order valence-corrected chi connectivity index (χ3v) is 7.26. The largest absolute Gasteiger partial charge is 0.484 e. The summed E-state index contributed by atoms with van der Waals surface area (Å²) in [6.07, 6.45) is 0.926. The van der Waals surface area contributed by atoms with Crippen LogP contribution in [0.3, 0.4) is 0 Å². The molecule has 2 N–H and O–H groups in total. The van der Waals surface area contributed by atoms with Crippen molar-refractivity contribution in [1.82, 2.24) is 9.62 Å². The second kappa shape index (κ2) is 10.6. The van der Waals surface area contributed by atoms with Gasteiger partial charge in [0, 0.05) is 31.2 Å². The molecule has 0 aliphatic carbocycles. The summed E-state index contributed by atoms with van der Waals surface area (Å²) in [6, 6.07) is 13.6. The monoisotopic (exact) mass is 459 g/mol. The molecule has 0 radical (unpaired) electrons. The number of benzene rings is 2. The van der Waals surface area contributed by atoms with E-state index in [0.717, 1.165) is 5.56 Å². The fraction of sp³-hybridized carbons (Fsp3) is 0.391. The normalized spacial score (nSPS) is 15.2. The van der Waals surface area contributed by atoms with E-state index < -0.39 is 10.0 Å². The lowest BCUT2D eigenvalue weighted by atomic mass is 9.97. The molecule has 1 aliphatic rings. The second-order valence-corrected chi connectivity index (χ2v) is 9.69. The number of nitrogens with one attached hydrogen (secondary N) is 2. The van der Waals surface area contributed by atoms with Crippen molar-refractivity contribution in [2.75, 3.05) is 31.6 Å². The molecule has 2 aromatic carbocycles. The van der Waals surface area contributed by atoms with Gasteiger partial charge >= 0.3 is 0 Å². The first-order valence-electron chi connectivity index (χ1n) is 10.7. The molecule has 8 nitrogen and oxygen atoms in total. The Morgan fingerprint density at radius 2 is 1.66 bits per heavy atom. The van der Waals surface area contributed by atoms with Gasteiger partial charge in [0.05, 0.1) is 4.90 Å². The first-order valence-corrected chi connectivity index (χ1v) is 12.1. The molecular formula is C23H29N3O5S. The minimum Gasteiger partial charge on any atom is -0.484 e. The number of carbonyl (C=O) groups is 2. The molecule has 1 heterocycles. The van der Waals surface area contributed by atoms with Gasteiger partial charge < -0.3 is 15.4 Å². The molecule has 2 amide bonds. The number of amides is 2. The van der Waals surface area contributed by atoms with E-state index in [1.807, 2.05) is 13.8 Å². The fourth-order valence-electron chi connectivity index (χ4n) is 3.49. The zero-order valence-corrected chi connectivity index (χ0v) is 19.2. The van der Waals surface area contributed by atoms with Crippen LogP contribution in [-0.4, -0.2) is 50.8 Å². The first-order chi connectivity index (χ1) is 15.3. The predicted octanol–water partition coefficient (Wildman–Crippen LogP) is 2.55. The van der Waals surface area contributed by atoms with E-state index in [1.54, 1.807) is 48.5 Å². The molecule has 0 spiro atoms. The van der Waals surface area contributed by atoms with Crippen LogP contribution in [0.5, 0.6) is 5.75 Å². The van der Waals surface area contributed by atoms with Crippen LogP contribution in [0.25, 0.3) is 0 Å². The zero-order valence-electron chi connectivity index (χ0n) is 18.3. The number of ether oxygens (including phenoxy) is 1. The lowest BCUT2D eigenvalue weighted by Gasteiger charge is -2.30. The molecule has 1 fully saturated rings. The standard InChI is InChI=1S/C23H29N3O5S/c1-3-24-22(27)16-31-20-8-6-19(7-9-20)25-23(28)18-12-14-26(15-13-18)32(29,30)21-10-4-17(2)5-11-21/h4-11,18H,3,12-16H2,1-2H3,(H,24,27)(H,25,28). The Balaban J connectivity index is 1.50. The van der Waals surface area contributed by atoms with Crippen LogP contribution >= 0.6 is 0 Å². The van der Waals surface area contributed by atoms with Gasteiger partial charge in [-0.1, -0.05) is 17.7 Å². The Bertz CT molecular complexity index is 1030. The summed E-state index contributed by atoms with van der Waals surface area (Å²) in [4.78, 5) is 24.4. The first kappa shape index (κ1) is 23.7. The minimum atomic E-state index is -3.55. The third-order valence-electron chi connectivity index (χ3n) is 5.35. The maximum Gasteiger partial charge on any atom is 0.257 e. The van der Waals surface area contributed by atoms with Crippen molar-refractivity contribution in [2.45, 2.75) is 31.6 Å². The number of nitrogens with zero attached hydrogens (tertiary/aromatic N) is 1. The third kappa shape index (κ3) is 6.08. The van der Waals surface area contributed by atoms with E-state index in [1.165, 1.54) is 4.31 Å². The van der Waals surface area contributed by atoms with Crippen molar-refractivity contribution in [3.63, 3.8) is 0 Å². The molecule has 0 bridgehead atoms. The molecule has 0 atom stereocenters. The van der Waals surface area contributed by atoms with Crippen molar-refractivity contribution in [1.29, 1.82) is 0 Å². The number of rotatable bonds is 8. The molecule has 3 rings (SSSR count). The molecule has 0 saturated carbocycles. The quantitative estimate of drug-likeness (QED) is 0.631. The van der Waals surface area contributed by atoms with Gasteiger partial charge in [-0.3, -0.25) is 9.59 Å². The highest BCUT2D eigenvalue weighted by Crippen LogP contribution is 2.25. The van der Waals surface area contributed by atoms with Gasteiger partial charge in [-0.05, 0) is 63.1 Å². The minimum absolute atomic E-state index is 0.0659. The number of piperidine rings is 1. The molecular weight excluding hydrogens is 430 g/mol. The van der Waals surface area contributed by atoms with Crippen molar-refractivity contribution in [3.05, 3.63) is 54.1 Å². The smallest absolute Gasteiger partial charge is 0.257 e. The van der Waals surface area contributed by atoms with Crippen LogP contribution < -0.4 is 15.4 Å². The van der Waals surface area contributed by atoms with E-state index in [9.17, 15) is 18.0 Å². The highest BCUT2D eigenvalue weighted by molar-refractivity contribution is 7.89. The van der Waals surface area contributed by atoms with Crippen molar-refractivity contribution < 1.29 is 22.7 Å². The Kier molecular flexibility index (Phi) is 7.87. The van der Waals surface area contributed by atoms with Gasteiger partial charge in [-0.25, -0.2) is 8.42 Å². The van der Waals surface area contributed by atoms with E-state index in [4.69, 9.17) is 4.74 Å². The maximum absolute atomic E-state index is 12.8. The van der Waals surface area contributed by atoms with Gasteiger partial charge in [0.15, 0.2) is 6.61 Å². The highest BCUT2D eigenvalue weighted by atomic mass is 32.2. The molecule has 172 valence electrons. The van der Waals surface area contributed by atoms with E-state index in [0.29, 0.717) is 43.9 Å². The van der Waals surface area contributed by atoms with Gasteiger partial charge in [-0.2, -0.15) is 4.31 Å². The number of likely N-dealkylation sites (N-methyl/N-ethyl adjacent to an activating group) is 1. The van der Waals surface area contributed by atoms with Gasteiger partial charge in [-0.15, -0.1) is 0 Å². The Labute approximate surface area is 189 Å². The van der Waals surface area contributed by atoms with Crippen molar-refractivity contribution in [2.24, 2.45) is 5.92 Å². The number of carbonyl (C=O) groups excluding carboxylic acids is 2. The Hall–Kier alpha value is -2.91. The number of anilines is 1. The van der Waals surface area contributed by atoms with Gasteiger partial charge in [0.2, 0.25) is 15.9 Å². The van der Waals surface area contributed by atoms with Gasteiger partial charge in [0.25, 0.3) is 5.91 Å². The number of hydrogen-bond donors (Lipinski definition) is 2. The molecule has 0 unspecified atom stereocenters. The Morgan fingerprint density at radius 1 is 1.03 bits per heavy atom.